The summed E-state index contributed by atoms with van der Waals surface area (Å²) >= 11 is 3.41. The fourth-order valence-electron chi connectivity index (χ4n) is 3.28. The van der Waals surface area contributed by atoms with Crippen molar-refractivity contribution >= 4 is 27.9 Å². The van der Waals surface area contributed by atoms with Gasteiger partial charge in [-0.3, -0.25) is 14.8 Å². The van der Waals surface area contributed by atoms with Crippen LogP contribution in [0.1, 0.15) is 25.0 Å². The molecule has 154 valence electrons. The normalized spacial score (nSPS) is 21.8. The van der Waals surface area contributed by atoms with Gasteiger partial charge >= 0.3 is 12.0 Å². The van der Waals surface area contributed by atoms with Crippen molar-refractivity contribution in [1.29, 1.82) is 0 Å². The molecule has 0 saturated carbocycles. The SMILES string of the molecule is CCOC(=O)C(C)N1C(=O)N(Cc2ccc(CN3CCOCC3)cc2)NC1Br. The second-order valence-electron chi connectivity index (χ2n) is 6.87. The number of hydrogen-bond donors (Lipinski definition) is 1. The summed E-state index contributed by atoms with van der Waals surface area (Å²) in [5, 5.41) is 1.05. The van der Waals surface area contributed by atoms with Crippen LogP contribution in [0.5, 0.6) is 0 Å². The molecule has 2 heterocycles. The molecule has 1 N–H and O–H groups in total. The Morgan fingerprint density at radius 1 is 1.25 bits per heavy atom. The van der Waals surface area contributed by atoms with Gasteiger partial charge in [-0.05, 0) is 40.9 Å². The smallest absolute Gasteiger partial charge is 0.337 e. The second kappa shape index (κ2) is 9.69. The van der Waals surface area contributed by atoms with Gasteiger partial charge < -0.3 is 9.47 Å². The summed E-state index contributed by atoms with van der Waals surface area (Å²) in [5.74, 6) is -0.420. The van der Waals surface area contributed by atoms with Gasteiger partial charge in [0.15, 0.2) is 5.08 Å². The minimum absolute atomic E-state index is 0.264. The number of rotatable bonds is 7. The molecule has 8 nitrogen and oxygen atoms in total. The first kappa shape index (κ1) is 21.0. The predicted molar refractivity (Wildman–Crippen MR) is 107 cm³/mol. The molecule has 2 fully saturated rings. The molecule has 0 aliphatic carbocycles. The van der Waals surface area contributed by atoms with Gasteiger partial charge in [0.1, 0.15) is 6.04 Å². The number of nitrogens with one attached hydrogen (secondary N) is 1. The number of benzene rings is 1. The molecule has 3 rings (SSSR count). The molecule has 0 bridgehead atoms. The van der Waals surface area contributed by atoms with E-state index in [2.05, 4.69) is 38.4 Å². The number of hydrogen-bond acceptors (Lipinski definition) is 6. The molecule has 2 aliphatic rings. The lowest BCUT2D eigenvalue weighted by Gasteiger charge is -2.26. The number of hydrazine groups is 1. The average molecular weight is 455 g/mol. The number of halogens is 1. The molecular weight excluding hydrogens is 428 g/mol. The van der Waals surface area contributed by atoms with E-state index in [-0.39, 0.29) is 12.6 Å². The van der Waals surface area contributed by atoms with Gasteiger partial charge in [-0.15, -0.1) is 0 Å². The Hall–Kier alpha value is -1.68. The number of morpholine rings is 1. The van der Waals surface area contributed by atoms with Crippen LogP contribution in [0.15, 0.2) is 24.3 Å². The Morgan fingerprint density at radius 2 is 1.86 bits per heavy atom. The summed E-state index contributed by atoms with van der Waals surface area (Å²) in [6.07, 6.45) is 0. The van der Waals surface area contributed by atoms with E-state index in [1.165, 1.54) is 15.5 Å². The zero-order valence-electron chi connectivity index (χ0n) is 16.3. The Kier molecular flexibility index (Phi) is 7.28. The highest BCUT2D eigenvalue weighted by molar-refractivity contribution is 9.09. The van der Waals surface area contributed by atoms with E-state index in [9.17, 15) is 9.59 Å². The van der Waals surface area contributed by atoms with Crippen LogP contribution >= 0.6 is 15.9 Å². The van der Waals surface area contributed by atoms with E-state index >= 15 is 0 Å². The topological polar surface area (TPSA) is 74.4 Å². The minimum atomic E-state index is -0.676. The van der Waals surface area contributed by atoms with Crippen molar-refractivity contribution in [2.45, 2.75) is 38.1 Å². The van der Waals surface area contributed by atoms with Crippen molar-refractivity contribution < 1.29 is 19.1 Å². The summed E-state index contributed by atoms with van der Waals surface area (Å²) in [5.41, 5.74) is 5.31. The van der Waals surface area contributed by atoms with E-state index < -0.39 is 17.1 Å². The molecule has 2 atom stereocenters. The largest absolute Gasteiger partial charge is 0.464 e. The molecule has 1 aromatic rings. The molecule has 2 unspecified atom stereocenters. The van der Waals surface area contributed by atoms with Crippen LogP contribution in [0.4, 0.5) is 4.79 Å². The Labute approximate surface area is 173 Å². The van der Waals surface area contributed by atoms with Crippen LogP contribution in [-0.4, -0.2) is 70.8 Å². The summed E-state index contributed by atoms with van der Waals surface area (Å²) < 4.78 is 10.4. The third kappa shape index (κ3) is 5.02. The van der Waals surface area contributed by atoms with Crippen molar-refractivity contribution in [3.05, 3.63) is 35.4 Å². The monoisotopic (exact) mass is 454 g/mol. The summed E-state index contributed by atoms with van der Waals surface area (Å²) in [4.78, 5) is 28.5. The maximum Gasteiger partial charge on any atom is 0.337 e. The van der Waals surface area contributed by atoms with E-state index in [4.69, 9.17) is 9.47 Å². The van der Waals surface area contributed by atoms with Gasteiger partial charge in [0, 0.05) is 19.6 Å². The maximum atomic E-state index is 12.7. The number of carbonyl (C=O) groups excluding carboxylic acids is 2. The summed E-state index contributed by atoms with van der Waals surface area (Å²) in [6.45, 7) is 8.48. The van der Waals surface area contributed by atoms with Crippen LogP contribution in [0.2, 0.25) is 0 Å². The van der Waals surface area contributed by atoms with Crippen molar-refractivity contribution in [1.82, 2.24) is 20.2 Å². The Balaban J connectivity index is 1.57. The molecule has 9 heteroatoms. The molecule has 28 heavy (non-hydrogen) atoms. The number of ether oxygens (including phenoxy) is 2. The van der Waals surface area contributed by atoms with Gasteiger partial charge in [-0.1, -0.05) is 24.3 Å². The highest BCUT2D eigenvalue weighted by atomic mass is 79.9. The van der Waals surface area contributed by atoms with Crippen molar-refractivity contribution in [2.24, 2.45) is 0 Å². The molecule has 2 aliphatic heterocycles. The number of amides is 2. The van der Waals surface area contributed by atoms with E-state index in [0.717, 1.165) is 38.4 Å². The highest BCUT2D eigenvalue weighted by Crippen LogP contribution is 2.22. The molecule has 0 spiro atoms. The van der Waals surface area contributed by atoms with Crippen LogP contribution in [0.25, 0.3) is 0 Å². The Bertz CT molecular complexity index is 681. The Morgan fingerprint density at radius 3 is 2.46 bits per heavy atom. The molecule has 0 radical (unpaired) electrons. The van der Waals surface area contributed by atoms with Crippen LogP contribution in [-0.2, 0) is 27.4 Å². The van der Waals surface area contributed by atoms with Gasteiger partial charge in [0.25, 0.3) is 0 Å². The fraction of sp³-hybridized carbons (Fsp3) is 0.579. The van der Waals surface area contributed by atoms with Crippen LogP contribution in [0.3, 0.4) is 0 Å². The lowest BCUT2D eigenvalue weighted by atomic mass is 10.1. The summed E-state index contributed by atoms with van der Waals surface area (Å²) in [7, 11) is 0. The molecule has 0 aromatic heterocycles. The van der Waals surface area contributed by atoms with Crippen molar-refractivity contribution in [2.75, 3.05) is 32.9 Å². The standard InChI is InChI=1S/C19H27BrN4O4/c1-3-28-17(25)14(2)24-18(20)21-23(19(24)26)13-16-6-4-15(5-7-16)12-22-8-10-27-11-9-22/h4-7,14,18,21H,3,8-13H2,1-2H3. The van der Waals surface area contributed by atoms with Gasteiger partial charge in [0.05, 0.1) is 26.4 Å². The van der Waals surface area contributed by atoms with Crippen LogP contribution in [0, 0.1) is 0 Å². The van der Waals surface area contributed by atoms with Crippen molar-refractivity contribution in [3.8, 4) is 0 Å². The number of esters is 1. The average Bonchev–Trinajstić information content (AvgIpc) is 2.97. The number of alkyl halides is 1. The number of nitrogens with zero attached hydrogens (tertiary/aromatic N) is 3. The van der Waals surface area contributed by atoms with E-state index in [1.807, 2.05) is 12.1 Å². The molecule has 1 aromatic carbocycles. The summed E-state index contributed by atoms with van der Waals surface area (Å²) in [6, 6.07) is 7.31. The fourth-order valence-corrected chi connectivity index (χ4v) is 4.06. The first-order valence-electron chi connectivity index (χ1n) is 9.54. The van der Waals surface area contributed by atoms with Crippen molar-refractivity contribution in [3.63, 3.8) is 0 Å². The number of carbonyl (C=O) groups is 2. The first-order chi connectivity index (χ1) is 13.5. The maximum absolute atomic E-state index is 12.7. The predicted octanol–water partition coefficient (Wildman–Crippen LogP) is 1.89. The third-order valence-corrected chi connectivity index (χ3v) is 5.52. The number of urea groups is 1. The first-order valence-corrected chi connectivity index (χ1v) is 10.5. The van der Waals surface area contributed by atoms with Gasteiger partial charge in [-0.2, -0.15) is 5.43 Å². The lowest BCUT2D eigenvalue weighted by molar-refractivity contribution is -0.147. The lowest BCUT2D eigenvalue weighted by Crippen LogP contribution is -2.45. The van der Waals surface area contributed by atoms with Crippen LogP contribution < -0.4 is 5.43 Å². The molecular formula is C19H27BrN4O4. The van der Waals surface area contributed by atoms with E-state index in [0.29, 0.717) is 6.54 Å². The van der Waals surface area contributed by atoms with E-state index in [1.54, 1.807) is 13.8 Å². The quantitative estimate of drug-likeness (QED) is 0.385. The molecule has 2 amide bonds. The third-order valence-electron chi connectivity index (χ3n) is 4.88. The molecule has 2 saturated heterocycles. The second-order valence-corrected chi connectivity index (χ2v) is 7.74. The van der Waals surface area contributed by atoms with Gasteiger partial charge in [0.2, 0.25) is 0 Å². The van der Waals surface area contributed by atoms with Gasteiger partial charge in [-0.25, -0.2) is 9.59 Å². The zero-order valence-corrected chi connectivity index (χ0v) is 17.9. The zero-order chi connectivity index (χ0) is 20.1. The highest BCUT2D eigenvalue weighted by Gasteiger charge is 2.41. The minimum Gasteiger partial charge on any atom is -0.464 e.